The van der Waals surface area contributed by atoms with E-state index < -0.39 is 41.1 Å². The van der Waals surface area contributed by atoms with Gasteiger partial charge in [-0.1, -0.05) is 0 Å². The predicted molar refractivity (Wildman–Crippen MR) is 21.8 cm³/mol. The summed E-state index contributed by atoms with van der Waals surface area (Å²) in [6.07, 6.45) is 0. The minimum Gasteiger partial charge on any atom is 0 e. The molecule has 0 aliphatic carbocycles. The van der Waals surface area contributed by atoms with E-state index in [2.05, 4.69) is 0 Å². The smallest absolute Gasteiger partial charge is 0 e. The molecule has 1 radical (unpaired) electrons. The molecule has 4 N–H and O–H groups in total. The fraction of sp³-hybridized carbons (Fsp3) is 0. The van der Waals surface area contributed by atoms with Crippen LogP contribution in [0.4, 0.5) is 0 Å². The van der Waals surface area contributed by atoms with Crippen molar-refractivity contribution >= 4 is 41.1 Å². The van der Waals surface area contributed by atoms with Gasteiger partial charge in [0.1, 0.15) is 0 Å². The Morgan fingerprint density at radius 1 is 0.818 bits per heavy atom. The van der Waals surface area contributed by atoms with Crippen molar-refractivity contribution in [3.8, 4) is 0 Å². The van der Waals surface area contributed by atoms with E-state index in [4.69, 9.17) is 19.9 Å². The summed E-state index contributed by atoms with van der Waals surface area (Å²) in [5.41, 5.74) is 0. The molecule has 0 aliphatic heterocycles. The van der Waals surface area contributed by atoms with Gasteiger partial charge in [-0.05, 0) is 0 Å². The van der Waals surface area contributed by atoms with Crippen molar-refractivity contribution in [3.05, 3.63) is 0 Å². The van der Waals surface area contributed by atoms with E-state index >= 15 is 0 Å². The zero-order valence-electron chi connectivity index (χ0n) is 5.11. The molecular formula is H4AgO6Sn2TiZn. The van der Waals surface area contributed by atoms with Crippen LogP contribution >= 0.6 is 0 Å². The molecule has 0 aliphatic rings. The van der Waals surface area contributed by atoms with Gasteiger partial charge in [-0.15, -0.1) is 0 Å². The molecule has 65 valence electrons. The molecule has 0 aromatic heterocycles. The molecule has 6 nitrogen and oxygen atoms in total. The van der Waals surface area contributed by atoms with Crippen LogP contribution < -0.4 is 0 Å². The monoisotopic (exact) mass is 559 g/mol. The summed E-state index contributed by atoms with van der Waals surface area (Å²) in [6, 6.07) is 0. The normalized spacial score (nSPS) is 4.73. The maximum Gasteiger partial charge on any atom is 0 e. The van der Waals surface area contributed by atoms with Crippen molar-refractivity contribution in [2.45, 2.75) is 0 Å². The molecule has 0 rings (SSSR count). The van der Waals surface area contributed by atoms with Gasteiger partial charge in [0, 0.05) is 63.6 Å². The third-order valence-electron chi connectivity index (χ3n) is 0. The van der Waals surface area contributed by atoms with Crippen LogP contribution in [0, 0.1) is 0 Å². The molecule has 0 fully saturated rings. The van der Waals surface area contributed by atoms with Crippen LogP contribution in [0.2, 0.25) is 0 Å². The van der Waals surface area contributed by atoms with E-state index in [9.17, 15) is 0 Å². The predicted octanol–water partition coefficient (Wildman–Crippen LogP) is -3.23. The standard InChI is InChI=1S/Ag.4H2O.2O.2Sn.Ti.Zn/h;4*1H2;;;;;;/q;;;;;;;2*+2;;/p-4. The summed E-state index contributed by atoms with van der Waals surface area (Å²) in [4.78, 5) is 0. The third kappa shape index (κ3) is 167. The minimum atomic E-state index is -3.79. The molecule has 11 heavy (non-hydrogen) atoms. The fourth-order valence-corrected chi connectivity index (χ4v) is 0. The molecule has 0 atom stereocenters. The first-order chi connectivity index (χ1) is 3.46. The molecule has 0 saturated carbocycles. The molecule has 0 aromatic rings. The molecule has 0 saturated heterocycles. The maximum absolute atomic E-state index is 8.84. The van der Waals surface area contributed by atoms with Crippen molar-refractivity contribution in [3.63, 3.8) is 0 Å². The number of hydrogen-bond donors (Lipinski definition) is 4. The summed E-state index contributed by atoms with van der Waals surface area (Å²) in [6.45, 7) is 0. The Labute approximate surface area is 122 Å². The Morgan fingerprint density at radius 3 is 0.818 bits per heavy atom. The second-order valence-electron chi connectivity index (χ2n) is 0.565. The minimum absolute atomic E-state index is 0. The Kier molecular flexibility index (Phi) is 61.5. The zero-order valence-corrected chi connectivity index (χ0v) is 16.8. The largest absolute Gasteiger partial charge is 0 e. The van der Waals surface area contributed by atoms with Crippen molar-refractivity contribution in [1.82, 2.24) is 0 Å². The quantitative estimate of drug-likeness (QED) is 0.233. The van der Waals surface area contributed by atoms with E-state index in [-0.39, 0.29) is 63.6 Å². The molecular weight excluding hydrogens is 555 g/mol. The Hall–Kier alpha value is 3.12. The van der Waals surface area contributed by atoms with Gasteiger partial charge in [0.25, 0.3) is 0 Å². The van der Waals surface area contributed by atoms with Gasteiger partial charge in [-0.3, -0.25) is 0 Å². The molecule has 0 spiro atoms. The molecule has 0 amide bonds. The number of hydrogen-bond acceptors (Lipinski definition) is 2. The average molecular weight is 559 g/mol. The second kappa shape index (κ2) is 23.2. The van der Waals surface area contributed by atoms with E-state index in [1.54, 1.807) is 0 Å². The average Bonchev–Trinajstić information content (AvgIpc) is 1.25. The summed E-state index contributed by atoms with van der Waals surface area (Å²) in [5.74, 6) is 0. The van der Waals surface area contributed by atoms with Crippen LogP contribution in [0.15, 0.2) is 0 Å². The van der Waals surface area contributed by atoms with Gasteiger partial charge in [0.05, 0.1) is 0 Å². The molecule has 0 unspecified atom stereocenters. The zero-order chi connectivity index (χ0) is 7.15. The Morgan fingerprint density at radius 2 is 0.818 bits per heavy atom. The van der Waals surface area contributed by atoms with Gasteiger partial charge in [0.15, 0.2) is 0 Å². The van der Waals surface area contributed by atoms with Crippen LogP contribution in [0.5, 0.6) is 0 Å². The summed E-state index contributed by atoms with van der Waals surface area (Å²) < 4.78 is 46.7. The first kappa shape index (κ1) is 29.2. The van der Waals surface area contributed by atoms with E-state index in [1.165, 1.54) is 0 Å². The first-order valence-corrected chi connectivity index (χ1v) is 8.74. The molecule has 11 heteroatoms. The second-order valence-corrected chi connectivity index (χ2v) is 3.79. The van der Waals surface area contributed by atoms with Gasteiger partial charge < -0.3 is 0 Å². The van der Waals surface area contributed by atoms with E-state index in [0.717, 1.165) is 0 Å². The number of rotatable bonds is 0. The van der Waals surface area contributed by atoms with Crippen LogP contribution in [-0.4, -0.2) is 54.9 Å². The maximum atomic E-state index is 8.84. The molecule has 0 bridgehead atoms. The van der Waals surface area contributed by atoms with Gasteiger partial charge in [-0.2, -0.15) is 0 Å². The van der Waals surface area contributed by atoms with Crippen LogP contribution in [0.1, 0.15) is 0 Å². The summed E-state index contributed by atoms with van der Waals surface area (Å²) in [7, 11) is 0. The van der Waals surface area contributed by atoms with Crippen LogP contribution in [0.25, 0.3) is 0 Å². The van der Waals surface area contributed by atoms with Crippen LogP contribution in [0.3, 0.4) is 0 Å². The first-order valence-electron chi connectivity index (χ1n) is 1.30. The van der Waals surface area contributed by atoms with Gasteiger partial charge in [0.2, 0.25) is 0 Å². The summed E-state index contributed by atoms with van der Waals surface area (Å²) >= 11 is -7.59. The van der Waals surface area contributed by atoms with Gasteiger partial charge in [-0.25, -0.2) is 0 Å². The molecule has 0 heterocycles. The Bertz CT molecular complexity index is 78.6. The van der Waals surface area contributed by atoms with Crippen molar-refractivity contribution in [2.24, 2.45) is 0 Å². The summed E-state index contributed by atoms with van der Waals surface area (Å²) in [5, 5.41) is 0. The van der Waals surface area contributed by atoms with E-state index in [1.807, 2.05) is 0 Å². The molecule has 0 aromatic carbocycles. The topological polar surface area (TPSA) is 115 Å². The van der Waals surface area contributed by atoms with Crippen molar-refractivity contribution < 1.29 is 83.5 Å². The Balaban J connectivity index is -0.0000000171. The SMILES string of the molecule is [Ag].[O]=[Sn]([OH])[OH].[O]=[Sn]([OH])[OH].[Ti].[Zn]. The van der Waals surface area contributed by atoms with Crippen molar-refractivity contribution in [2.75, 3.05) is 0 Å². The van der Waals surface area contributed by atoms with Crippen molar-refractivity contribution in [1.29, 1.82) is 0 Å². The van der Waals surface area contributed by atoms with Gasteiger partial charge >= 0.3 is 61.1 Å². The van der Waals surface area contributed by atoms with E-state index in [0.29, 0.717) is 0 Å². The third-order valence-corrected chi connectivity index (χ3v) is 0. The fourth-order valence-electron chi connectivity index (χ4n) is 0. The van der Waals surface area contributed by atoms with Crippen LogP contribution in [-0.2, 0) is 69.7 Å².